The van der Waals surface area contributed by atoms with Gasteiger partial charge in [0.05, 0.1) is 10.2 Å². The van der Waals surface area contributed by atoms with Crippen molar-refractivity contribution in [3.05, 3.63) is 66.2 Å². The van der Waals surface area contributed by atoms with Crippen LogP contribution < -0.4 is 0 Å². The number of hydrogen-bond donors (Lipinski definition) is 0. The summed E-state index contributed by atoms with van der Waals surface area (Å²) in [5.41, 5.74) is 3.53. The standard InChI is InChI=1S/C23H20N4O2S2/c1-23(2,3)21-24-17(12-28-21)19-26-20(29-27-19)15-10-8-14(9-11-15)13-30-22-25-16-6-4-5-7-18(16)31-22/h4-12H,13H2,1-3H3. The fourth-order valence-electron chi connectivity index (χ4n) is 2.97. The van der Waals surface area contributed by atoms with Crippen molar-refractivity contribution in [1.82, 2.24) is 20.1 Å². The van der Waals surface area contributed by atoms with E-state index in [1.54, 1.807) is 29.4 Å². The van der Waals surface area contributed by atoms with E-state index < -0.39 is 0 Å². The SMILES string of the molecule is CC(C)(C)c1nc(-c2noc(-c3ccc(CSc4nc5ccccc5s4)cc3)n2)co1. The van der Waals surface area contributed by atoms with Crippen LogP contribution in [0.2, 0.25) is 0 Å². The van der Waals surface area contributed by atoms with Crippen LogP contribution >= 0.6 is 23.1 Å². The Labute approximate surface area is 187 Å². The predicted molar refractivity (Wildman–Crippen MR) is 123 cm³/mol. The van der Waals surface area contributed by atoms with Crippen LogP contribution in [-0.4, -0.2) is 20.1 Å². The van der Waals surface area contributed by atoms with E-state index >= 15 is 0 Å². The molecule has 0 aliphatic heterocycles. The number of nitrogens with zero attached hydrogens (tertiary/aromatic N) is 4. The topological polar surface area (TPSA) is 77.8 Å². The number of fused-ring (bicyclic) bond motifs is 1. The summed E-state index contributed by atoms with van der Waals surface area (Å²) in [7, 11) is 0. The van der Waals surface area contributed by atoms with Gasteiger partial charge in [-0.25, -0.2) is 9.97 Å². The third kappa shape index (κ3) is 4.26. The summed E-state index contributed by atoms with van der Waals surface area (Å²) in [6.07, 6.45) is 1.57. The molecule has 0 aliphatic rings. The molecule has 5 rings (SSSR count). The van der Waals surface area contributed by atoms with E-state index in [1.165, 1.54) is 10.3 Å². The van der Waals surface area contributed by atoms with Crippen molar-refractivity contribution in [2.75, 3.05) is 0 Å². The highest BCUT2D eigenvalue weighted by Crippen LogP contribution is 2.32. The van der Waals surface area contributed by atoms with Crippen molar-refractivity contribution in [3.63, 3.8) is 0 Å². The van der Waals surface area contributed by atoms with Gasteiger partial charge in [-0.05, 0) is 29.8 Å². The maximum absolute atomic E-state index is 5.56. The lowest BCUT2D eigenvalue weighted by Crippen LogP contribution is -2.11. The highest BCUT2D eigenvalue weighted by molar-refractivity contribution is 8.00. The molecular weight excluding hydrogens is 428 g/mol. The molecule has 3 aromatic heterocycles. The minimum atomic E-state index is -0.177. The summed E-state index contributed by atoms with van der Waals surface area (Å²) in [6, 6.07) is 16.4. The molecule has 0 aliphatic carbocycles. The molecule has 156 valence electrons. The molecule has 0 saturated heterocycles. The smallest absolute Gasteiger partial charge is 0.258 e. The van der Waals surface area contributed by atoms with E-state index in [2.05, 4.69) is 38.3 Å². The summed E-state index contributed by atoms with van der Waals surface area (Å²) in [6.45, 7) is 6.13. The second kappa shape index (κ2) is 7.94. The molecule has 0 N–H and O–H groups in total. The zero-order chi connectivity index (χ0) is 21.4. The highest BCUT2D eigenvalue weighted by Gasteiger charge is 2.22. The number of rotatable bonds is 5. The Morgan fingerprint density at radius 1 is 0.968 bits per heavy atom. The van der Waals surface area contributed by atoms with Gasteiger partial charge in [0.25, 0.3) is 5.89 Å². The van der Waals surface area contributed by atoms with Crippen molar-refractivity contribution < 1.29 is 8.94 Å². The van der Waals surface area contributed by atoms with Gasteiger partial charge in [0, 0.05) is 16.7 Å². The summed E-state index contributed by atoms with van der Waals surface area (Å²) >= 11 is 3.47. The molecule has 5 aromatic rings. The molecule has 0 saturated carbocycles. The molecule has 0 radical (unpaired) electrons. The first-order valence-corrected chi connectivity index (χ1v) is 11.6. The lowest BCUT2D eigenvalue weighted by molar-refractivity contribution is 0.392. The normalized spacial score (nSPS) is 12.0. The Kier molecular flexibility index (Phi) is 5.11. The van der Waals surface area contributed by atoms with Crippen LogP contribution in [-0.2, 0) is 11.2 Å². The average molecular weight is 449 g/mol. The molecule has 0 bridgehead atoms. The van der Waals surface area contributed by atoms with Gasteiger partial charge in [-0.1, -0.05) is 62.0 Å². The molecule has 6 nitrogen and oxygen atoms in total. The van der Waals surface area contributed by atoms with Gasteiger partial charge in [0.1, 0.15) is 6.26 Å². The number of thioether (sulfide) groups is 1. The Hall–Kier alpha value is -2.97. The number of para-hydroxylation sites is 1. The first-order chi connectivity index (χ1) is 15.0. The quantitative estimate of drug-likeness (QED) is 0.281. The maximum Gasteiger partial charge on any atom is 0.258 e. The lowest BCUT2D eigenvalue weighted by Gasteiger charge is -2.11. The minimum absolute atomic E-state index is 0.177. The van der Waals surface area contributed by atoms with E-state index in [0.29, 0.717) is 23.3 Å². The number of aromatic nitrogens is 4. The third-order valence-corrected chi connectivity index (χ3v) is 6.89. The van der Waals surface area contributed by atoms with Crippen molar-refractivity contribution in [2.24, 2.45) is 0 Å². The van der Waals surface area contributed by atoms with Gasteiger partial charge >= 0.3 is 0 Å². The first kappa shape index (κ1) is 20.0. The lowest BCUT2D eigenvalue weighted by atomic mass is 9.97. The second-order valence-electron chi connectivity index (χ2n) is 8.14. The van der Waals surface area contributed by atoms with Crippen LogP contribution in [0.1, 0.15) is 32.2 Å². The Morgan fingerprint density at radius 2 is 1.77 bits per heavy atom. The molecule has 0 fully saturated rings. The molecule has 0 amide bonds. The van der Waals surface area contributed by atoms with E-state index in [9.17, 15) is 0 Å². The minimum Gasteiger partial charge on any atom is -0.448 e. The van der Waals surface area contributed by atoms with E-state index in [0.717, 1.165) is 21.2 Å². The van der Waals surface area contributed by atoms with Gasteiger partial charge in [-0.3, -0.25) is 0 Å². The summed E-state index contributed by atoms with van der Waals surface area (Å²) in [4.78, 5) is 13.6. The Morgan fingerprint density at radius 3 is 2.52 bits per heavy atom. The monoisotopic (exact) mass is 448 g/mol. The first-order valence-electron chi connectivity index (χ1n) is 9.83. The molecular formula is C23H20N4O2S2. The molecule has 8 heteroatoms. The van der Waals surface area contributed by atoms with Crippen molar-refractivity contribution >= 4 is 33.3 Å². The van der Waals surface area contributed by atoms with Crippen molar-refractivity contribution in [1.29, 1.82) is 0 Å². The van der Waals surface area contributed by atoms with E-state index in [-0.39, 0.29) is 5.41 Å². The Bertz CT molecular complexity index is 1300. The van der Waals surface area contributed by atoms with Gasteiger partial charge in [-0.15, -0.1) is 11.3 Å². The highest BCUT2D eigenvalue weighted by atomic mass is 32.2. The van der Waals surface area contributed by atoms with Gasteiger partial charge < -0.3 is 8.94 Å². The molecule has 0 spiro atoms. The predicted octanol–water partition coefficient (Wildman–Crippen LogP) is 6.59. The third-order valence-electron chi connectivity index (χ3n) is 4.64. The molecule has 2 aromatic carbocycles. The molecule has 3 heterocycles. The summed E-state index contributed by atoms with van der Waals surface area (Å²) in [5, 5.41) is 4.06. The molecule has 0 atom stereocenters. The number of oxazole rings is 1. The second-order valence-corrected chi connectivity index (χ2v) is 10.4. The number of benzene rings is 2. The summed E-state index contributed by atoms with van der Waals surface area (Å²) < 4.78 is 13.3. The van der Waals surface area contributed by atoms with Crippen molar-refractivity contribution in [3.8, 4) is 23.0 Å². The van der Waals surface area contributed by atoms with Crippen LogP contribution in [0.25, 0.3) is 33.2 Å². The largest absolute Gasteiger partial charge is 0.448 e. The van der Waals surface area contributed by atoms with Crippen LogP contribution in [0.15, 0.2) is 68.1 Å². The van der Waals surface area contributed by atoms with Crippen LogP contribution in [0.5, 0.6) is 0 Å². The zero-order valence-corrected chi connectivity index (χ0v) is 19.0. The van der Waals surface area contributed by atoms with Gasteiger partial charge in [-0.2, -0.15) is 4.98 Å². The fraction of sp³-hybridized carbons (Fsp3) is 0.217. The average Bonchev–Trinajstić information content (AvgIpc) is 3.50. The van der Waals surface area contributed by atoms with Crippen LogP contribution in [0.4, 0.5) is 0 Å². The number of hydrogen-bond acceptors (Lipinski definition) is 8. The Balaban J connectivity index is 1.27. The summed E-state index contributed by atoms with van der Waals surface area (Å²) in [5.74, 6) is 2.37. The molecule has 0 unspecified atom stereocenters. The van der Waals surface area contributed by atoms with E-state index in [4.69, 9.17) is 8.94 Å². The maximum atomic E-state index is 5.56. The fourth-order valence-corrected chi connectivity index (χ4v) is 4.99. The van der Waals surface area contributed by atoms with Crippen LogP contribution in [0.3, 0.4) is 0 Å². The zero-order valence-electron chi connectivity index (χ0n) is 17.3. The van der Waals surface area contributed by atoms with Gasteiger partial charge in [0.2, 0.25) is 5.82 Å². The van der Waals surface area contributed by atoms with Gasteiger partial charge in [0.15, 0.2) is 15.9 Å². The van der Waals surface area contributed by atoms with Crippen LogP contribution in [0, 0.1) is 0 Å². The van der Waals surface area contributed by atoms with Crippen molar-refractivity contribution in [2.45, 2.75) is 36.3 Å². The van der Waals surface area contributed by atoms with E-state index in [1.807, 2.05) is 51.1 Å². The number of thiazole rings is 1. The molecule has 31 heavy (non-hydrogen) atoms.